The Morgan fingerprint density at radius 1 is 1.22 bits per heavy atom. The second-order valence-electron chi connectivity index (χ2n) is 6.38. The van der Waals surface area contributed by atoms with Crippen LogP contribution in [0.4, 0.5) is 0 Å². The number of sulfonamides is 1. The number of hydrogen-bond acceptors (Lipinski definition) is 6. The second-order valence-corrected chi connectivity index (χ2v) is 9.20. The van der Waals surface area contributed by atoms with Crippen LogP contribution in [0.3, 0.4) is 0 Å². The van der Waals surface area contributed by atoms with Gasteiger partial charge in [-0.3, -0.25) is 4.79 Å². The molecule has 2 rings (SSSR count). The van der Waals surface area contributed by atoms with Gasteiger partial charge in [0, 0.05) is 17.2 Å². The minimum absolute atomic E-state index is 0.0209. The third kappa shape index (κ3) is 5.57. The van der Waals surface area contributed by atoms with Gasteiger partial charge in [0.1, 0.15) is 10.6 Å². The van der Waals surface area contributed by atoms with E-state index in [0.29, 0.717) is 12.3 Å². The zero-order valence-electron chi connectivity index (χ0n) is 16.1. The van der Waals surface area contributed by atoms with Gasteiger partial charge in [-0.1, -0.05) is 11.2 Å². The summed E-state index contributed by atoms with van der Waals surface area (Å²) in [5.74, 6) is 0.501. The zero-order valence-corrected chi connectivity index (χ0v) is 17.8. The fourth-order valence-corrected chi connectivity index (χ4v) is 4.90. The van der Waals surface area contributed by atoms with Crippen LogP contribution in [0.1, 0.15) is 29.5 Å². The van der Waals surface area contributed by atoms with Gasteiger partial charge in [-0.15, -0.1) is 11.8 Å². The van der Waals surface area contributed by atoms with E-state index in [4.69, 9.17) is 4.52 Å². The van der Waals surface area contributed by atoms with Gasteiger partial charge in [0.25, 0.3) is 0 Å². The van der Waals surface area contributed by atoms with E-state index < -0.39 is 16.1 Å². The van der Waals surface area contributed by atoms with Crippen LogP contribution in [0.5, 0.6) is 0 Å². The summed E-state index contributed by atoms with van der Waals surface area (Å²) in [6.45, 7) is 9.13. The summed E-state index contributed by atoms with van der Waals surface area (Å²) in [4.78, 5) is 13.3. The summed E-state index contributed by atoms with van der Waals surface area (Å²) in [7, 11) is -3.88. The molecular weight excluding hydrogens is 386 g/mol. The molecule has 1 heterocycles. The number of nitrogens with zero attached hydrogens (tertiary/aromatic N) is 1. The molecule has 0 radical (unpaired) electrons. The summed E-state index contributed by atoms with van der Waals surface area (Å²) in [6.07, 6.45) is 0. The van der Waals surface area contributed by atoms with Crippen molar-refractivity contribution in [1.82, 2.24) is 15.2 Å². The van der Waals surface area contributed by atoms with Crippen molar-refractivity contribution in [3.05, 3.63) is 40.8 Å². The molecule has 0 aliphatic heterocycles. The zero-order chi connectivity index (χ0) is 20.2. The molecule has 0 saturated carbocycles. The first kappa shape index (κ1) is 21.5. The highest BCUT2D eigenvalue weighted by Gasteiger charge is 2.27. The molecule has 148 valence electrons. The maximum absolute atomic E-state index is 12.4. The fourth-order valence-electron chi connectivity index (χ4n) is 2.50. The molecule has 2 aromatic rings. The van der Waals surface area contributed by atoms with Gasteiger partial charge in [-0.25, -0.2) is 8.42 Å². The Bertz CT molecular complexity index is 903. The Hall–Kier alpha value is -1.84. The van der Waals surface area contributed by atoms with Crippen molar-refractivity contribution in [1.29, 1.82) is 0 Å². The predicted molar refractivity (Wildman–Crippen MR) is 105 cm³/mol. The van der Waals surface area contributed by atoms with Crippen molar-refractivity contribution in [3.8, 4) is 0 Å². The minimum Gasteiger partial charge on any atom is -0.360 e. The van der Waals surface area contributed by atoms with Crippen molar-refractivity contribution in [2.45, 2.75) is 50.5 Å². The Labute approximate surface area is 164 Å². The molecule has 27 heavy (non-hydrogen) atoms. The molecule has 1 aromatic heterocycles. The lowest BCUT2D eigenvalue weighted by Crippen LogP contribution is -2.45. The molecule has 0 aliphatic rings. The SMILES string of the molecule is Cc1ccc(SCCNC(=O)[C@H](C)NS(=O)(=O)c2c(C)noc2C)cc1C. The minimum atomic E-state index is -3.88. The van der Waals surface area contributed by atoms with E-state index in [9.17, 15) is 13.2 Å². The highest BCUT2D eigenvalue weighted by atomic mass is 32.2. The lowest BCUT2D eigenvalue weighted by Gasteiger charge is -2.14. The third-order valence-corrected chi connectivity index (χ3v) is 6.89. The average Bonchev–Trinajstić information content (AvgIpc) is 2.93. The van der Waals surface area contributed by atoms with Crippen molar-refractivity contribution >= 4 is 27.7 Å². The van der Waals surface area contributed by atoms with Gasteiger partial charge in [-0.2, -0.15) is 4.72 Å². The Morgan fingerprint density at radius 3 is 2.52 bits per heavy atom. The maximum Gasteiger partial charge on any atom is 0.246 e. The number of thioether (sulfide) groups is 1. The number of nitrogens with one attached hydrogen (secondary N) is 2. The third-order valence-electron chi connectivity index (χ3n) is 4.11. The maximum atomic E-state index is 12.4. The molecule has 7 nitrogen and oxygen atoms in total. The number of carbonyl (C=O) groups excluding carboxylic acids is 1. The number of rotatable bonds is 8. The van der Waals surface area contributed by atoms with Crippen LogP contribution in [0.15, 0.2) is 32.5 Å². The summed E-state index contributed by atoms with van der Waals surface area (Å²) in [6, 6.07) is 5.33. The Balaban J connectivity index is 1.84. The van der Waals surface area contributed by atoms with Gasteiger partial charge in [0.15, 0.2) is 5.76 Å². The van der Waals surface area contributed by atoms with Crippen molar-refractivity contribution in [3.63, 3.8) is 0 Å². The second kappa shape index (κ2) is 8.90. The molecule has 1 atom stereocenters. The van der Waals surface area contributed by atoms with Gasteiger partial charge >= 0.3 is 0 Å². The van der Waals surface area contributed by atoms with Crippen LogP contribution in [-0.2, 0) is 14.8 Å². The topological polar surface area (TPSA) is 101 Å². The molecule has 1 amide bonds. The Morgan fingerprint density at radius 2 is 1.93 bits per heavy atom. The number of carbonyl (C=O) groups is 1. The average molecular weight is 412 g/mol. The standard InChI is InChI=1S/C18H25N3O4S2/c1-11-6-7-16(10-12(11)2)26-9-8-19-18(22)14(4)21-27(23,24)17-13(3)20-25-15(17)5/h6-7,10,14,21H,8-9H2,1-5H3,(H,19,22)/t14-/m0/s1. The van der Waals surface area contributed by atoms with Crippen molar-refractivity contribution in [2.75, 3.05) is 12.3 Å². The highest BCUT2D eigenvalue weighted by molar-refractivity contribution is 7.99. The van der Waals surface area contributed by atoms with Gasteiger partial charge in [0.2, 0.25) is 15.9 Å². The van der Waals surface area contributed by atoms with Crippen LogP contribution in [0, 0.1) is 27.7 Å². The molecule has 2 N–H and O–H groups in total. The normalized spacial score (nSPS) is 12.8. The molecule has 1 aromatic carbocycles. The van der Waals surface area contributed by atoms with Crippen LogP contribution in [0.2, 0.25) is 0 Å². The monoisotopic (exact) mass is 411 g/mol. The fraction of sp³-hybridized carbons (Fsp3) is 0.444. The molecule has 0 unspecified atom stereocenters. The summed E-state index contributed by atoms with van der Waals surface area (Å²) >= 11 is 1.64. The van der Waals surface area contributed by atoms with Crippen LogP contribution in [0.25, 0.3) is 0 Å². The smallest absolute Gasteiger partial charge is 0.246 e. The number of aryl methyl sites for hydroxylation is 4. The van der Waals surface area contributed by atoms with E-state index in [0.717, 1.165) is 4.90 Å². The first-order chi connectivity index (χ1) is 12.6. The largest absolute Gasteiger partial charge is 0.360 e. The van der Waals surface area contributed by atoms with E-state index in [1.807, 2.05) is 0 Å². The summed E-state index contributed by atoms with van der Waals surface area (Å²) in [5.41, 5.74) is 2.73. The van der Waals surface area contributed by atoms with Crippen molar-refractivity contribution in [2.24, 2.45) is 0 Å². The quantitative estimate of drug-likeness (QED) is 0.511. The van der Waals surface area contributed by atoms with E-state index in [2.05, 4.69) is 47.2 Å². The van der Waals surface area contributed by atoms with Crippen molar-refractivity contribution < 1.29 is 17.7 Å². The van der Waals surface area contributed by atoms with Gasteiger partial charge in [-0.05, 0) is 57.9 Å². The van der Waals surface area contributed by atoms with Crippen LogP contribution < -0.4 is 10.0 Å². The molecule has 9 heteroatoms. The molecule has 0 bridgehead atoms. The van der Waals surface area contributed by atoms with Crippen LogP contribution >= 0.6 is 11.8 Å². The number of aromatic nitrogens is 1. The molecule has 0 spiro atoms. The van der Waals surface area contributed by atoms with E-state index in [1.54, 1.807) is 18.7 Å². The summed E-state index contributed by atoms with van der Waals surface area (Å²) in [5, 5.41) is 6.39. The van der Waals surface area contributed by atoms with E-state index in [1.165, 1.54) is 25.0 Å². The predicted octanol–water partition coefficient (Wildman–Crippen LogP) is 2.48. The first-order valence-corrected chi connectivity index (χ1v) is 11.0. The molecule has 0 aliphatic carbocycles. The van der Waals surface area contributed by atoms with Gasteiger partial charge in [0.05, 0.1) is 6.04 Å². The number of amides is 1. The lowest BCUT2D eigenvalue weighted by atomic mass is 10.1. The highest BCUT2D eigenvalue weighted by Crippen LogP contribution is 2.21. The number of hydrogen-bond donors (Lipinski definition) is 2. The molecule has 0 saturated heterocycles. The van der Waals surface area contributed by atoms with Crippen LogP contribution in [-0.4, -0.2) is 37.8 Å². The number of benzene rings is 1. The lowest BCUT2D eigenvalue weighted by molar-refractivity contribution is -0.122. The summed E-state index contributed by atoms with van der Waals surface area (Å²) < 4.78 is 32.1. The first-order valence-electron chi connectivity index (χ1n) is 8.55. The van der Waals surface area contributed by atoms with E-state index >= 15 is 0 Å². The van der Waals surface area contributed by atoms with E-state index in [-0.39, 0.29) is 22.3 Å². The molecular formula is C18H25N3O4S2. The Kier molecular flexibility index (Phi) is 7.07. The molecule has 0 fully saturated rings. The van der Waals surface area contributed by atoms with Gasteiger partial charge < -0.3 is 9.84 Å².